The van der Waals surface area contributed by atoms with Gasteiger partial charge in [-0.05, 0) is 38.8 Å². The number of nitrogens with zero attached hydrogens (tertiary/aromatic N) is 6. The van der Waals surface area contributed by atoms with Crippen LogP contribution in [0.15, 0.2) is 30.9 Å². The summed E-state index contributed by atoms with van der Waals surface area (Å²) >= 11 is 0. The van der Waals surface area contributed by atoms with Crippen molar-refractivity contribution in [1.29, 1.82) is 0 Å². The van der Waals surface area contributed by atoms with Crippen molar-refractivity contribution in [2.24, 2.45) is 0 Å². The Morgan fingerprint density at radius 2 is 1.79 bits per heavy atom. The first-order valence-corrected chi connectivity index (χ1v) is 10.1. The van der Waals surface area contributed by atoms with Gasteiger partial charge in [-0.1, -0.05) is 0 Å². The van der Waals surface area contributed by atoms with Crippen LogP contribution in [0.5, 0.6) is 0 Å². The molecule has 2 saturated heterocycles. The van der Waals surface area contributed by atoms with Crippen molar-refractivity contribution in [3.63, 3.8) is 0 Å². The minimum Gasteiger partial charge on any atom is -0.354 e. The number of pyridine rings is 1. The summed E-state index contributed by atoms with van der Waals surface area (Å²) in [6.45, 7) is 9.86. The van der Waals surface area contributed by atoms with Crippen LogP contribution in [-0.4, -0.2) is 76.0 Å². The van der Waals surface area contributed by atoms with Crippen molar-refractivity contribution in [3.05, 3.63) is 47.7 Å². The van der Waals surface area contributed by atoms with Crippen LogP contribution in [0.1, 0.15) is 34.5 Å². The summed E-state index contributed by atoms with van der Waals surface area (Å²) in [5.41, 5.74) is 2.92. The number of anilines is 1. The molecular formula is C21H28N6O. The molecule has 2 aliphatic rings. The minimum atomic E-state index is 0.103. The van der Waals surface area contributed by atoms with Gasteiger partial charge in [0.05, 0.1) is 5.56 Å². The fraction of sp³-hybridized carbons (Fsp3) is 0.524. The Morgan fingerprint density at radius 3 is 2.46 bits per heavy atom. The Hall–Kier alpha value is -2.54. The molecular weight excluding hydrogens is 352 g/mol. The van der Waals surface area contributed by atoms with Crippen molar-refractivity contribution in [2.75, 3.05) is 44.2 Å². The molecule has 2 aromatic rings. The highest BCUT2D eigenvalue weighted by Crippen LogP contribution is 2.23. The topological polar surface area (TPSA) is 65.5 Å². The van der Waals surface area contributed by atoms with E-state index in [2.05, 4.69) is 31.7 Å². The van der Waals surface area contributed by atoms with E-state index in [4.69, 9.17) is 0 Å². The zero-order valence-corrected chi connectivity index (χ0v) is 16.7. The van der Waals surface area contributed by atoms with Crippen LogP contribution in [0.3, 0.4) is 0 Å². The van der Waals surface area contributed by atoms with Gasteiger partial charge in [-0.2, -0.15) is 0 Å². The molecule has 2 aliphatic heterocycles. The van der Waals surface area contributed by atoms with Gasteiger partial charge in [0, 0.05) is 69.0 Å². The van der Waals surface area contributed by atoms with Gasteiger partial charge in [0.2, 0.25) is 0 Å². The summed E-state index contributed by atoms with van der Waals surface area (Å²) in [6.07, 6.45) is 7.10. The van der Waals surface area contributed by atoms with E-state index >= 15 is 0 Å². The number of aromatic nitrogens is 3. The Balaban J connectivity index is 1.30. The van der Waals surface area contributed by atoms with Crippen LogP contribution < -0.4 is 4.90 Å². The summed E-state index contributed by atoms with van der Waals surface area (Å²) in [6, 6.07) is 4.23. The third-order valence-corrected chi connectivity index (χ3v) is 6.10. The standard InChI is InChI=1S/C21H28N6O/c1-16-17(2)23-15-24-20(16)26-12-10-25(11-13-26)19-5-8-27(9-6-19)21(28)18-4-3-7-22-14-18/h3-4,7,14-15,19H,5-6,8-13H2,1-2H3. The van der Waals surface area contributed by atoms with Gasteiger partial charge in [0.1, 0.15) is 12.1 Å². The number of piperidine rings is 1. The maximum Gasteiger partial charge on any atom is 0.255 e. The van der Waals surface area contributed by atoms with E-state index in [-0.39, 0.29) is 5.91 Å². The molecule has 4 heterocycles. The van der Waals surface area contributed by atoms with Crippen molar-refractivity contribution in [2.45, 2.75) is 32.7 Å². The maximum atomic E-state index is 12.6. The summed E-state index contributed by atoms with van der Waals surface area (Å²) in [7, 11) is 0. The molecule has 0 aliphatic carbocycles. The number of hydrogen-bond donors (Lipinski definition) is 0. The normalized spacial score (nSPS) is 19.1. The Kier molecular flexibility index (Phi) is 5.52. The second-order valence-electron chi connectivity index (χ2n) is 7.70. The van der Waals surface area contributed by atoms with Gasteiger partial charge < -0.3 is 9.80 Å². The zero-order chi connectivity index (χ0) is 19.5. The number of likely N-dealkylation sites (tertiary alicyclic amines) is 1. The van der Waals surface area contributed by atoms with Gasteiger partial charge in [0.15, 0.2) is 0 Å². The van der Waals surface area contributed by atoms with Crippen LogP contribution in [0, 0.1) is 13.8 Å². The van der Waals surface area contributed by atoms with Gasteiger partial charge in [-0.15, -0.1) is 0 Å². The molecule has 7 nitrogen and oxygen atoms in total. The average Bonchev–Trinajstić information content (AvgIpc) is 2.76. The molecule has 0 unspecified atom stereocenters. The van der Waals surface area contributed by atoms with E-state index < -0.39 is 0 Å². The second-order valence-corrected chi connectivity index (χ2v) is 7.70. The van der Waals surface area contributed by atoms with Crippen molar-refractivity contribution < 1.29 is 4.79 Å². The predicted molar refractivity (Wildman–Crippen MR) is 108 cm³/mol. The third kappa shape index (κ3) is 3.85. The molecule has 4 rings (SSSR count). The second kappa shape index (κ2) is 8.22. The highest BCUT2D eigenvalue weighted by atomic mass is 16.2. The van der Waals surface area contributed by atoms with E-state index in [9.17, 15) is 4.79 Å². The number of carbonyl (C=O) groups is 1. The van der Waals surface area contributed by atoms with Gasteiger partial charge in [-0.3, -0.25) is 14.7 Å². The van der Waals surface area contributed by atoms with Crippen molar-refractivity contribution in [3.8, 4) is 0 Å². The quantitative estimate of drug-likeness (QED) is 0.811. The van der Waals surface area contributed by atoms with Crippen LogP contribution in [-0.2, 0) is 0 Å². The van der Waals surface area contributed by atoms with E-state index in [0.29, 0.717) is 11.6 Å². The van der Waals surface area contributed by atoms with Crippen LogP contribution in [0.25, 0.3) is 0 Å². The Labute approximate surface area is 166 Å². The molecule has 0 saturated carbocycles. The molecule has 0 bridgehead atoms. The molecule has 0 atom stereocenters. The largest absolute Gasteiger partial charge is 0.354 e. The Morgan fingerprint density at radius 1 is 1.04 bits per heavy atom. The van der Waals surface area contributed by atoms with Crippen molar-refractivity contribution in [1.82, 2.24) is 24.8 Å². The fourth-order valence-electron chi connectivity index (χ4n) is 4.25. The van der Waals surface area contributed by atoms with Gasteiger partial charge >= 0.3 is 0 Å². The first-order chi connectivity index (χ1) is 13.6. The lowest BCUT2D eigenvalue weighted by atomic mass is 10.0. The summed E-state index contributed by atoms with van der Waals surface area (Å²) in [5, 5.41) is 0. The number of amides is 1. The van der Waals surface area contributed by atoms with Crippen LogP contribution in [0.2, 0.25) is 0 Å². The first-order valence-electron chi connectivity index (χ1n) is 10.1. The zero-order valence-electron chi connectivity index (χ0n) is 16.7. The van der Waals surface area contributed by atoms with E-state index in [1.807, 2.05) is 24.0 Å². The van der Waals surface area contributed by atoms with Crippen LogP contribution in [0.4, 0.5) is 5.82 Å². The average molecular weight is 380 g/mol. The number of aryl methyl sites for hydroxylation is 1. The van der Waals surface area contributed by atoms with E-state index in [1.165, 1.54) is 5.56 Å². The van der Waals surface area contributed by atoms with Gasteiger partial charge in [0.25, 0.3) is 5.91 Å². The molecule has 0 radical (unpaired) electrons. The summed E-state index contributed by atoms with van der Waals surface area (Å²) < 4.78 is 0. The van der Waals surface area contributed by atoms with Crippen LogP contribution >= 0.6 is 0 Å². The summed E-state index contributed by atoms with van der Waals surface area (Å²) in [4.78, 5) is 32.4. The molecule has 2 fully saturated rings. The minimum absolute atomic E-state index is 0.103. The number of carbonyl (C=O) groups excluding carboxylic acids is 1. The van der Waals surface area contributed by atoms with E-state index in [1.54, 1.807) is 18.7 Å². The highest BCUT2D eigenvalue weighted by Gasteiger charge is 2.30. The molecule has 0 spiro atoms. The predicted octanol–water partition coefficient (Wildman–Crippen LogP) is 1.92. The maximum absolute atomic E-state index is 12.6. The smallest absolute Gasteiger partial charge is 0.255 e. The van der Waals surface area contributed by atoms with Gasteiger partial charge in [-0.25, -0.2) is 9.97 Å². The summed E-state index contributed by atoms with van der Waals surface area (Å²) in [5.74, 6) is 1.18. The molecule has 7 heteroatoms. The number of piperazine rings is 1. The number of rotatable bonds is 3. The molecule has 28 heavy (non-hydrogen) atoms. The molecule has 2 aromatic heterocycles. The fourth-order valence-corrected chi connectivity index (χ4v) is 4.25. The van der Waals surface area contributed by atoms with E-state index in [0.717, 1.165) is 63.6 Å². The number of hydrogen-bond acceptors (Lipinski definition) is 6. The third-order valence-electron chi connectivity index (χ3n) is 6.10. The molecule has 0 N–H and O–H groups in total. The lowest BCUT2D eigenvalue weighted by molar-refractivity contribution is 0.0610. The molecule has 0 aromatic carbocycles. The molecule has 1 amide bonds. The monoisotopic (exact) mass is 380 g/mol. The highest BCUT2D eigenvalue weighted by molar-refractivity contribution is 5.93. The SMILES string of the molecule is Cc1ncnc(N2CCN(C3CCN(C(=O)c4cccnc4)CC3)CC2)c1C. The van der Waals surface area contributed by atoms with Crippen molar-refractivity contribution >= 4 is 11.7 Å². The molecule has 148 valence electrons. The lowest BCUT2D eigenvalue weighted by Crippen LogP contribution is -2.54. The Bertz CT molecular complexity index is 811. The lowest BCUT2D eigenvalue weighted by Gasteiger charge is -2.43. The first kappa shape index (κ1) is 18.8.